The molecule has 0 saturated carbocycles. The number of fused-ring (bicyclic) bond motifs is 1. The van der Waals surface area contributed by atoms with E-state index in [0.29, 0.717) is 6.61 Å². The number of hydrogen-bond donors (Lipinski definition) is 2. The first-order valence-electron chi connectivity index (χ1n) is 11.1. The van der Waals surface area contributed by atoms with Crippen LogP contribution in [0.15, 0.2) is 48.7 Å². The van der Waals surface area contributed by atoms with Gasteiger partial charge in [-0.3, -0.25) is 0 Å². The number of nitrogens with zero attached hydrogens (tertiary/aromatic N) is 2. The summed E-state index contributed by atoms with van der Waals surface area (Å²) in [7, 11) is 1.68. The van der Waals surface area contributed by atoms with Crippen LogP contribution in [0, 0.1) is 5.41 Å². The predicted molar refractivity (Wildman–Crippen MR) is 124 cm³/mol. The molecule has 6 nitrogen and oxygen atoms in total. The predicted octanol–water partition coefficient (Wildman–Crippen LogP) is 4.06. The zero-order valence-electron chi connectivity index (χ0n) is 18.3. The monoisotopic (exact) mass is 420 g/mol. The van der Waals surface area contributed by atoms with E-state index in [4.69, 9.17) is 9.72 Å². The molecule has 0 bridgehead atoms. The van der Waals surface area contributed by atoms with Crippen LogP contribution in [0.2, 0.25) is 0 Å². The molecule has 1 saturated heterocycles. The molecule has 0 aliphatic carbocycles. The van der Waals surface area contributed by atoms with Gasteiger partial charge < -0.3 is 24.7 Å². The maximum Gasteiger partial charge on any atom is 0.128 e. The largest absolute Gasteiger partial charge is 0.378 e. The van der Waals surface area contributed by atoms with E-state index < -0.39 is 0 Å². The van der Waals surface area contributed by atoms with Gasteiger partial charge >= 0.3 is 0 Å². The Morgan fingerprint density at radius 3 is 2.84 bits per heavy atom. The van der Waals surface area contributed by atoms with Crippen molar-refractivity contribution in [1.82, 2.24) is 15.3 Å². The fraction of sp³-hybridized carbons (Fsp3) is 0.440. The highest BCUT2D eigenvalue weighted by molar-refractivity contribution is 5.82. The Balaban J connectivity index is 1.24. The van der Waals surface area contributed by atoms with Crippen LogP contribution in [0.5, 0.6) is 0 Å². The zero-order valence-corrected chi connectivity index (χ0v) is 18.3. The number of benzene rings is 1. The van der Waals surface area contributed by atoms with E-state index in [0.717, 1.165) is 63.4 Å². The van der Waals surface area contributed by atoms with E-state index in [1.54, 1.807) is 7.11 Å². The molecule has 1 aromatic carbocycles. The van der Waals surface area contributed by atoms with Crippen LogP contribution in [0.3, 0.4) is 0 Å². The number of hydrogen-bond acceptors (Lipinski definition) is 5. The van der Waals surface area contributed by atoms with Gasteiger partial charge in [0, 0.05) is 49.3 Å². The first kappa shape index (κ1) is 21.5. The van der Waals surface area contributed by atoms with Gasteiger partial charge in [0.05, 0.1) is 12.3 Å². The number of carbonyl (C=O) groups is 1. The normalized spacial score (nSPS) is 16.0. The fourth-order valence-electron chi connectivity index (χ4n) is 4.55. The van der Waals surface area contributed by atoms with Crippen molar-refractivity contribution in [2.45, 2.75) is 38.8 Å². The van der Waals surface area contributed by atoms with Crippen LogP contribution >= 0.6 is 0 Å². The number of aromatic nitrogens is 2. The van der Waals surface area contributed by atoms with Crippen LogP contribution in [0.4, 0.5) is 5.82 Å². The van der Waals surface area contributed by atoms with Crippen LogP contribution in [-0.4, -0.2) is 43.0 Å². The average molecular weight is 421 g/mol. The molecule has 2 N–H and O–H groups in total. The van der Waals surface area contributed by atoms with Crippen LogP contribution in [0.25, 0.3) is 10.9 Å². The molecule has 0 unspecified atom stereocenters. The summed E-state index contributed by atoms with van der Waals surface area (Å²) < 4.78 is 5.19. The molecular formula is C25H32N4O2. The van der Waals surface area contributed by atoms with Gasteiger partial charge in [-0.25, -0.2) is 4.98 Å². The number of aromatic amines is 1. The lowest BCUT2D eigenvalue weighted by Crippen LogP contribution is -2.41. The highest BCUT2D eigenvalue weighted by Crippen LogP contribution is 2.35. The minimum Gasteiger partial charge on any atom is -0.378 e. The smallest absolute Gasteiger partial charge is 0.128 e. The number of rotatable bonds is 10. The van der Waals surface area contributed by atoms with Crippen molar-refractivity contribution < 1.29 is 9.53 Å². The third-order valence-corrected chi connectivity index (χ3v) is 6.44. The molecule has 1 aliphatic heterocycles. The molecule has 3 heterocycles. The molecule has 31 heavy (non-hydrogen) atoms. The number of ether oxygens (including phenoxy) is 1. The second-order valence-corrected chi connectivity index (χ2v) is 8.53. The Labute approximate surface area is 184 Å². The van der Waals surface area contributed by atoms with E-state index in [2.05, 4.69) is 39.6 Å². The topological polar surface area (TPSA) is 70.2 Å². The Kier molecular flexibility index (Phi) is 6.99. The second kappa shape index (κ2) is 10.1. The van der Waals surface area contributed by atoms with Gasteiger partial charge in [-0.1, -0.05) is 24.3 Å². The molecule has 0 radical (unpaired) electrons. The van der Waals surface area contributed by atoms with E-state index in [-0.39, 0.29) is 5.41 Å². The number of pyridine rings is 1. The number of anilines is 1. The van der Waals surface area contributed by atoms with Gasteiger partial charge in [0.25, 0.3) is 0 Å². The number of aldehydes is 1. The van der Waals surface area contributed by atoms with Gasteiger partial charge in [-0.05, 0) is 56.0 Å². The van der Waals surface area contributed by atoms with Crippen molar-refractivity contribution in [2.24, 2.45) is 5.41 Å². The van der Waals surface area contributed by atoms with Gasteiger partial charge in [0.1, 0.15) is 12.1 Å². The maximum absolute atomic E-state index is 12.0. The highest BCUT2D eigenvalue weighted by atomic mass is 16.5. The summed E-state index contributed by atoms with van der Waals surface area (Å²) in [5.41, 5.74) is 3.20. The van der Waals surface area contributed by atoms with E-state index in [1.807, 2.05) is 24.3 Å². The lowest BCUT2D eigenvalue weighted by molar-refractivity contribution is -0.117. The van der Waals surface area contributed by atoms with Crippen molar-refractivity contribution in [3.8, 4) is 0 Å². The summed E-state index contributed by atoms with van der Waals surface area (Å²) in [5.74, 6) is 0.981. The van der Waals surface area contributed by atoms with E-state index in [9.17, 15) is 4.79 Å². The minimum atomic E-state index is -0.205. The molecule has 0 spiro atoms. The highest BCUT2D eigenvalue weighted by Gasteiger charge is 2.34. The van der Waals surface area contributed by atoms with Crippen molar-refractivity contribution in [3.63, 3.8) is 0 Å². The van der Waals surface area contributed by atoms with Crippen molar-refractivity contribution in [3.05, 3.63) is 59.9 Å². The van der Waals surface area contributed by atoms with E-state index in [1.165, 1.54) is 22.8 Å². The fourth-order valence-corrected chi connectivity index (χ4v) is 4.55. The third kappa shape index (κ3) is 5.14. The van der Waals surface area contributed by atoms with Crippen molar-refractivity contribution >= 4 is 23.0 Å². The summed E-state index contributed by atoms with van der Waals surface area (Å²) in [6, 6.07) is 14.4. The van der Waals surface area contributed by atoms with Crippen molar-refractivity contribution in [2.75, 3.05) is 31.6 Å². The van der Waals surface area contributed by atoms with E-state index >= 15 is 0 Å². The molecule has 4 rings (SSSR count). The molecule has 164 valence electrons. The Morgan fingerprint density at radius 1 is 1.19 bits per heavy atom. The molecule has 0 amide bonds. The molecule has 0 atom stereocenters. The van der Waals surface area contributed by atoms with Gasteiger partial charge in [0.2, 0.25) is 0 Å². The molecular weight excluding hydrogens is 388 g/mol. The molecule has 2 aromatic heterocycles. The summed E-state index contributed by atoms with van der Waals surface area (Å²) in [6.45, 7) is 4.01. The van der Waals surface area contributed by atoms with Crippen LogP contribution in [-0.2, 0) is 22.7 Å². The molecule has 1 aliphatic rings. The summed E-state index contributed by atoms with van der Waals surface area (Å²) >= 11 is 0. The van der Waals surface area contributed by atoms with Gasteiger partial charge in [-0.2, -0.15) is 0 Å². The molecule has 6 heteroatoms. The molecule has 1 fully saturated rings. The van der Waals surface area contributed by atoms with Crippen molar-refractivity contribution in [1.29, 1.82) is 0 Å². The van der Waals surface area contributed by atoms with Crippen LogP contribution in [0.1, 0.15) is 36.9 Å². The Bertz CT molecular complexity index is 992. The van der Waals surface area contributed by atoms with Gasteiger partial charge in [-0.15, -0.1) is 0 Å². The Hall–Kier alpha value is -2.70. The average Bonchev–Trinajstić information content (AvgIpc) is 3.23. The number of carbonyl (C=O) groups excluding carboxylic acids is 1. The lowest BCUT2D eigenvalue weighted by Gasteiger charge is -2.39. The number of methoxy groups -OCH3 is 1. The number of H-pyrrole nitrogens is 1. The van der Waals surface area contributed by atoms with Gasteiger partial charge in [0.15, 0.2) is 0 Å². The first-order chi connectivity index (χ1) is 15.2. The summed E-state index contributed by atoms with van der Waals surface area (Å²) in [6.07, 6.45) is 6.99. The SMILES string of the molecule is COCc1cccc(N2CCC(C=O)(CCCNCc3c[nH]c4ccccc34)CC2)n1. The first-order valence-corrected chi connectivity index (χ1v) is 11.1. The minimum absolute atomic E-state index is 0.205. The summed E-state index contributed by atoms with van der Waals surface area (Å²) in [5, 5.41) is 4.82. The second-order valence-electron chi connectivity index (χ2n) is 8.53. The number of piperidine rings is 1. The number of para-hydroxylation sites is 1. The molecule has 3 aromatic rings. The quantitative estimate of drug-likeness (QED) is 0.382. The standard InChI is InChI=1S/C25H32N4O2/c1-31-18-21-6-4-9-24(28-21)29-14-11-25(19-30,12-15-29)10-5-13-26-16-20-17-27-23-8-3-2-7-22(20)23/h2-4,6-9,17,19,26-27H,5,10-16,18H2,1H3. The third-order valence-electron chi connectivity index (χ3n) is 6.44. The summed E-state index contributed by atoms with van der Waals surface area (Å²) in [4.78, 5) is 22.3. The lowest BCUT2D eigenvalue weighted by atomic mass is 9.76. The number of nitrogens with one attached hydrogen (secondary N) is 2. The Morgan fingerprint density at radius 2 is 2.03 bits per heavy atom. The van der Waals surface area contributed by atoms with Crippen LogP contribution < -0.4 is 10.2 Å². The zero-order chi connectivity index (χ0) is 21.5. The maximum atomic E-state index is 12.0.